The van der Waals surface area contributed by atoms with Crippen LogP contribution in [0.3, 0.4) is 0 Å². The maximum absolute atomic E-state index is 13.5. The molecule has 9 heteroatoms. The van der Waals surface area contributed by atoms with Crippen molar-refractivity contribution in [1.29, 1.82) is 0 Å². The number of benzene rings is 3. The van der Waals surface area contributed by atoms with Crippen LogP contribution >= 0.6 is 11.3 Å². The third-order valence-corrected chi connectivity index (χ3v) is 9.38. The van der Waals surface area contributed by atoms with E-state index in [0.717, 1.165) is 20.7 Å². The predicted octanol–water partition coefficient (Wildman–Crippen LogP) is 5.09. The van der Waals surface area contributed by atoms with Gasteiger partial charge in [0.15, 0.2) is 5.03 Å². The minimum absolute atomic E-state index is 0.0109. The smallest absolute Gasteiger partial charge is 0.221 e. The SMILES string of the molecule is O=S(=O)(NCc1ccc(-c2ccsc2)cc1)c1cc2ccccc2n1S(=O)(=O)c1ccccc1. The van der Waals surface area contributed by atoms with E-state index in [1.165, 1.54) is 18.2 Å². The number of para-hydroxylation sites is 1. The molecule has 34 heavy (non-hydrogen) atoms. The third kappa shape index (κ3) is 4.19. The van der Waals surface area contributed by atoms with Gasteiger partial charge < -0.3 is 0 Å². The molecule has 0 fully saturated rings. The molecule has 0 aliphatic carbocycles. The number of aromatic nitrogens is 1. The maximum Gasteiger partial charge on any atom is 0.269 e. The van der Waals surface area contributed by atoms with E-state index in [9.17, 15) is 16.8 Å². The molecule has 2 heterocycles. The average molecular weight is 509 g/mol. The maximum atomic E-state index is 13.5. The van der Waals surface area contributed by atoms with Gasteiger partial charge in [0.25, 0.3) is 20.0 Å². The Morgan fingerprint density at radius 3 is 2.18 bits per heavy atom. The second-order valence-corrected chi connectivity index (χ2v) is 11.9. The summed E-state index contributed by atoms with van der Waals surface area (Å²) in [6.07, 6.45) is 0. The summed E-state index contributed by atoms with van der Waals surface area (Å²) in [7, 11) is -8.31. The number of sulfonamides is 1. The van der Waals surface area contributed by atoms with Gasteiger partial charge in [-0.3, -0.25) is 0 Å². The standard InChI is InChI=1S/C25H20N2O4S3/c28-33(29,26-17-19-10-12-20(13-11-19)22-14-15-32-18-22)25-16-21-6-4-5-9-24(21)27(25)34(30,31)23-7-2-1-3-8-23/h1-16,18,26H,17H2. The molecule has 0 spiro atoms. The highest BCUT2D eigenvalue weighted by Gasteiger charge is 2.29. The van der Waals surface area contributed by atoms with Crippen LogP contribution in [0.4, 0.5) is 0 Å². The Morgan fingerprint density at radius 2 is 1.47 bits per heavy atom. The molecule has 172 valence electrons. The van der Waals surface area contributed by atoms with E-state index in [1.807, 2.05) is 41.1 Å². The first kappa shape index (κ1) is 22.5. The number of fused-ring (bicyclic) bond motifs is 1. The zero-order chi connectivity index (χ0) is 23.8. The van der Waals surface area contributed by atoms with Crippen LogP contribution in [0, 0.1) is 0 Å². The molecule has 5 aromatic rings. The molecule has 0 radical (unpaired) electrons. The first-order valence-electron chi connectivity index (χ1n) is 10.4. The fourth-order valence-electron chi connectivity index (χ4n) is 3.73. The van der Waals surface area contributed by atoms with Crippen molar-refractivity contribution in [2.75, 3.05) is 0 Å². The fraction of sp³-hybridized carbons (Fsp3) is 0.0400. The van der Waals surface area contributed by atoms with Crippen molar-refractivity contribution in [1.82, 2.24) is 8.69 Å². The summed E-state index contributed by atoms with van der Waals surface area (Å²) in [5.41, 5.74) is 3.21. The minimum Gasteiger partial charge on any atom is -0.221 e. The Bertz CT molecular complexity index is 1660. The van der Waals surface area contributed by atoms with Gasteiger partial charge in [0.2, 0.25) is 0 Å². The summed E-state index contributed by atoms with van der Waals surface area (Å²) in [5.74, 6) is 0. The Kier molecular flexibility index (Phi) is 5.86. The summed E-state index contributed by atoms with van der Waals surface area (Å²) >= 11 is 1.61. The second kappa shape index (κ2) is 8.84. The number of nitrogens with one attached hydrogen (secondary N) is 1. The zero-order valence-corrected chi connectivity index (χ0v) is 20.3. The van der Waals surface area contributed by atoms with Crippen molar-refractivity contribution in [3.63, 3.8) is 0 Å². The lowest BCUT2D eigenvalue weighted by atomic mass is 10.1. The van der Waals surface area contributed by atoms with Gasteiger partial charge in [-0.2, -0.15) is 11.3 Å². The summed E-state index contributed by atoms with van der Waals surface area (Å²) < 4.78 is 57.1. The van der Waals surface area contributed by atoms with E-state index in [0.29, 0.717) is 10.9 Å². The van der Waals surface area contributed by atoms with E-state index < -0.39 is 20.0 Å². The summed E-state index contributed by atoms with van der Waals surface area (Å²) in [6, 6.07) is 25.5. The largest absolute Gasteiger partial charge is 0.269 e. The van der Waals surface area contributed by atoms with Gasteiger partial charge in [0.1, 0.15) is 0 Å². The molecule has 2 aromatic heterocycles. The van der Waals surface area contributed by atoms with E-state index in [4.69, 9.17) is 0 Å². The molecule has 0 saturated carbocycles. The first-order chi connectivity index (χ1) is 16.4. The van der Waals surface area contributed by atoms with Crippen LogP contribution in [-0.4, -0.2) is 20.8 Å². The molecule has 0 unspecified atom stereocenters. The van der Waals surface area contributed by atoms with E-state index in [-0.39, 0.29) is 16.5 Å². The van der Waals surface area contributed by atoms with Crippen molar-refractivity contribution >= 4 is 42.3 Å². The number of nitrogens with zero attached hydrogens (tertiary/aromatic N) is 1. The minimum atomic E-state index is -4.16. The first-order valence-corrected chi connectivity index (χ1v) is 14.3. The molecule has 3 aromatic carbocycles. The molecule has 0 atom stereocenters. The van der Waals surface area contributed by atoms with Crippen LogP contribution in [0.15, 0.2) is 112 Å². The van der Waals surface area contributed by atoms with Crippen molar-refractivity contribution in [3.8, 4) is 11.1 Å². The van der Waals surface area contributed by atoms with Crippen molar-refractivity contribution < 1.29 is 16.8 Å². The highest BCUT2D eigenvalue weighted by atomic mass is 32.2. The average Bonchev–Trinajstić information content (AvgIpc) is 3.53. The summed E-state index contributed by atoms with van der Waals surface area (Å²) in [6.45, 7) is 0.0269. The molecule has 5 rings (SSSR count). The molecular formula is C25H20N2O4S3. The number of thiophene rings is 1. The molecule has 0 aliphatic rings. The predicted molar refractivity (Wildman–Crippen MR) is 135 cm³/mol. The lowest BCUT2D eigenvalue weighted by molar-refractivity contribution is 0.565. The lowest BCUT2D eigenvalue weighted by Gasteiger charge is -2.13. The normalized spacial score (nSPS) is 12.2. The van der Waals surface area contributed by atoms with Gasteiger partial charge in [-0.1, -0.05) is 60.7 Å². The van der Waals surface area contributed by atoms with Gasteiger partial charge in [-0.05, 0) is 57.8 Å². The van der Waals surface area contributed by atoms with Crippen LogP contribution in [0.5, 0.6) is 0 Å². The number of hydrogen-bond donors (Lipinski definition) is 1. The van der Waals surface area contributed by atoms with E-state index >= 15 is 0 Å². The van der Waals surface area contributed by atoms with Crippen molar-refractivity contribution in [2.45, 2.75) is 16.5 Å². The molecule has 0 amide bonds. The summed E-state index contributed by atoms with van der Waals surface area (Å²) in [4.78, 5) is 0.0109. The monoisotopic (exact) mass is 508 g/mol. The molecule has 0 bridgehead atoms. The van der Waals surface area contributed by atoms with E-state index in [2.05, 4.69) is 4.72 Å². The number of rotatable bonds is 7. The topological polar surface area (TPSA) is 85.2 Å². The number of hydrogen-bond acceptors (Lipinski definition) is 5. The Balaban J connectivity index is 1.50. The van der Waals surface area contributed by atoms with Gasteiger partial charge in [0.05, 0.1) is 10.4 Å². The van der Waals surface area contributed by atoms with Crippen LogP contribution < -0.4 is 4.72 Å². The molecule has 6 nitrogen and oxygen atoms in total. The van der Waals surface area contributed by atoms with Gasteiger partial charge >= 0.3 is 0 Å². The van der Waals surface area contributed by atoms with Crippen molar-refractivity contribution in [2.24, 2.45) is 0 Å². The second-order valence-electron chi connectivity index (χ2n) is 7.66. The Labute approximate surface area is 202 Å². The van der Waals surface area contributed by atoms with Gasteiger partial charge in [-0.25, -0.2) is 25.5 Å². The Hall–Kier alpha value is -3.24. The van der Waals surface area contributed by atoms with Gasteiger partial charge in [0, 0.05) is 11.9 Å². The molecular weight excluding hydrogens is 488 g/mol. The highest BCUT2D eigenvalue weighted by molar-refractivity contribution is 7.92. The molecule has 0 saturated heterocycles. The van der Waals surface area contributed by atoms with Gasteiger partial charge in [-0.15, -0.1) is 0 Å². The lowest BCUT2D eigenvalue weighted by Crippen LogP contribution is -2.27. The molecule has 0 aliphatic heterocycles. The fourth-order valence-corrected chi connectivity index (χ4v) is 7.52. The van der Waals surface area contributed by atoms with Crippen LogP contribution in [0.2, 0.25) is 0 Å². The quantitative estimate of drug-likeness (QED) is 0.332. The molecule has 1 N–H and O–H groups in total. The zero-order valence-electron chi connectivity index (χ0n) is 17.8. The summed E-state index contributed by atoms with van der Waals surface area (Å²) in [5, 5.41) is 4.24. The van der Waals surface area contributed by atoms with Crippen LogP contribution in [0.25, 0.3) is 22.0 Å². The van der Waals surface area contributed by atoms with Crippen molar-refractivity contribution in [3.05, 3.63) is 107 Å². The van der Waals surface area contributed by atoms with E-state index in [1.54, 1.807) is 53.8 Å². The van der Waals surface area contributed by atoms with Crippen LogP contribution in [0.1, 0.15) is 5.56 Å². The highest BCUT2D eigenvalue weighted by Crippen LogP contribution is 2.29. The Morgan fingerprint density at radius 1 is 0.765 bits per heavy atom. The third-order valence-electron chi connectivity index (χ3n) is 5.47. The van der Waals surface area contributed by atoms with Crippen LogP contribution in [-0.2, 0) is 26.6 Å².